The zero-order valence-electron chi connectivity index (χ0n) is 9.74. The number of hydrogen-bond donors (Lipinski definition) is 2. The Bertz CT molecular complexity index is 668. The lowest BCUT2D eigenvalue weighted by Gasteiger charge is -2.06. The highest BCUT2D eigenvalue weighted by Crippen LogP contribution is 2.20. The molecular formula is C13H10Cl2N2O2. The van der Waals surface area contributed by atoms with Crippen molar-refractivity contribution in [1.82, 2.24) is 10.3 Å². The summed E-state index contributed by atoms with van der Waals surface area (Å²) >= 11 is 11.8. The first-order chi connectivity index (χ1) is 9.08. The van der Waals surface area contributed by atoms with Crippen LogP contribution in [-0.4, -0.2) is 10.9 Å². The van der Waals surface area contributed by atoms with Gasteiger partial charge in [-0.2, -0.15) is 0 Å². The van der Waals surface area contributed by atoms with Gasteiger partial charge in [-0.05, 0) is 29.8 Å². The van der Waals surface area contributed by atoms with Crippen LogP contribution in [0.3, 0.4) is 0 Å². The molecule has 1 amide bonds. The van der Waals surface area contributed by atoms with E-state index in [-0.39, 0.29) is 12.1 Å². The number of aromatic amines is 1. The number of nitrogens with one attached hydrogen (secondary N) is 2. The van der Waals surface area contributed by atoms with E-state index in [1.807, 2.05) is 0 Å². The number of pyridine rings is 1. The minimum absolute atomic E-state index is 0.0626. The molecule has 2 N–H and O–H groups in total. The average Bonchev–Trinajstić information content (AvgIpc) is 2.38. The van der Waals surface area contributed by atoms with Gasteiger partial charge in [-0.1, -0.05) is 29.3 Å². The second-order valence-electron chi connectivity index (χ2n) is 3.83. The van der Waals surface area contributed by atoms with Crippen molar-refractivity contribution in [2.75, 3.05) is 0 Å². The van der Waals surface area contributed by atoms with E-state index in [0.717, 1.165) is 5.56 Å². The minimum atomic E-state index is -0.451. The zero-order valence-corrected chi connectivity index (χ0v) is 11.3. The van der Waals surface area contributed by atoms with Gasteiger partial charge in [0.1, 0.15) is 5.56 Å². The van der Waals surface area contributed by atoms with E-state index in [1.54, 1.807) is 24.3 Å². The highest BCUT2D eigenvalue weighted by atomic mass is 35.5. The Morgan fingerprint density at radius 2 is 2.05 bits per heavy atom. The third-order valence-electron chi connectivity index (χ3n) is 2.52. The predicted octanol–water partition coefficient (Wildman–Crippen LogP) is 2.61. The van der Waals surface area contributed by atoms with Gasteiger partial charge in [0.25, 0.3) is 11.5 Å². The van der Waals surface area contributed by atoms with Crippen LogP contribution in [-0.2, 0) is 6.54 Å². The van der Waals surface area contributed by atoms with Crippen molar-refractivity contribution in [1.29, 1.82) is 0 Å². The third-order valence-corrected chi connectivity index (χ3v) is 3.10. The molecule has 4 nitrogen and oxygen atoms in total. The predicted molar refractivity (Wildman–Crippen MR) is 74.7 cm³/mol. The summed E-state index contributed by atoms with van der Waals surface area (Å²) in [4.78, 5) is 25.7. The Labute approximate surface area is 119 Å². The standard InChI is InChI=1S/C13H10Cl2N2O2/c14-9-4-3-8(11(15)6-9)7-17-13(19)10-2-1-5-16-12(10)18/h1-6H,7H2,(H,16,18)(H,17,19). The summed E-state index contributed by atoms with van der Waals surface area (Å²) in [7, 11) is 0. The summed E-state index contributed by atoms with van der Waals surface area (Å²) in [5.74, 6) is -0.451. The van der Waals surface area contributed by atoms with Gasteiger partial charge in [-0.15, -0.1) is 0 Å². The van der Waals surface area contributed by atoms with Crippen molar-refractivity contribution in [3.8, 4) is 0 Å². The summed E-state index contributed by atoms with van der Waals surface area (Å²) in [5.41, 5.74) is 0.363. The van der Waals surface area contributed by atoms with Crippen LogP contribution in [0.25, 0.3) is 0 Å². The van der Waals surface area contributed by atoms with Crippen molar-refractivity contribution in [3.63, 3.8) is 0 Å². The number of rotatable bonds is 3. The van der Waals surface area contributed by atoms with Crippen molar-refractivity contribution in [2.45, 2.75) is 6.54 Å². The third kappa shape index (κ3) is 3.36. The highest BCUT2D eigenvalue weighted by molar-refractivity contribution is 6.35. The molecule has 19 heavy (non-hydrogen) atoms. The normalized spacial score (nSPS) is 10.2. The molecule has 0 unspecified atom stereocenters. The Balaban J connectivity index is 2.09. The molecule has 0 radical (unpaired) electrons. The van der Waals surface area contributed by atoms with E-state index >= 15 is 0 Å². The maximum absolute atomic E-state index is 11.8. The maximum atomic E-state index is 11.8. The van der Waals surface area contributed by atoms with Crippen molar-refractivity contribution < 1.29 is 4.79 Å². The van der Waals surface area contributed by atoms with E-state index in [1.165, 1.54) is 12.3 Å². The molecule has 98 valence electrons. The number of aromatic nitrogens is 1. The van der Waals surface area contributed by atoms with Gasteiger partial charge in [0.15, 0.2) is 0 Å². The van der Waals surface area contributed by atoms with Gasteiger partial charge >= 0.3 is 0 Å². The van der Waals surface area contributed by atoms with Gasteiger partial charge in [0, 0.05) is 22.8 Å². The van der Waals surface area contributed by atoms with E-state index in [4.69, 9.17) is 23.2 Å². The molecule has 0 bridgehead atoms. The molecular weight excluding hydrogens is 287 g/mol. The zero-order chi connectivity index (χ0) is 13.8. The molecule has 1 aromatic carbocycles. The molecule has 6 heteroatoms. The lowest BCUT2D eigenvalue weighted by molar-refractivity contribution is 0.0949. The van der Waals surface area contributed by atoms with Crippen molar-refractivity contribution >= 4 is 29.1 Å². The highest BCUT2D eigenvalue weighted by Gasteiger charge is 2.10. The van der Waals surface area contributed by atoms with E-state index in [9.17, 15) is 9.59 Å². The van der Waals surface area contributed by atoms with Crippen LogP contribution in [0.5, 0.6) is 0 Å². The fourth-order valence-electron chi connectivity index (χ4n) is 1.54. The number of carbonyl (C=O) groups is 1. The number of amides is 1. The fourth-order valence-corrected chi connectivity index (χ4v) is 2.01. The van der Waals surface area contributed by atoms with Gasteiger partial charge in [-0.3, -0.25) is 9.59 Å². The molecule has 0 aliphatic heterocycles. The van der Waals surface area contributed by atoms with Crippen LogP contribution in [0.2, 0.25) is 10.0 Å². The summed E-state index contributed by atoms with van der Waals surface area (Å²) in [6, 6.07) is 8.05. The van der Waals surface area contributed by atoms with E-state index in [2.05, 4.69) is 10.3 Å². The number of halogens is 2. The Morgan fingerprint density at radius 3 is 2.74 bits per heavy atom. The van der Waals surface area contributed by atoms with Gasteiger partial charge in [-0.25, -0.2) is 0 Å². The molecule has 0 atom stereocenters. The second kappa shape index (κ2) is 5.91. The fraction of sp³-hybridized carbons (Fsp3) is 0.0769. The lowest BCUT2D eigenvalue weighted by Crippen LogP contribution is -2.28. The van der Waals surface area contributed by atoms with Gasteiger partial charge in [0.2, 0.25) is 0 Å². The summed E-state index contributed by atoms with van der Waals surface area (Å²) in [6.07, 6.45) is 1.47. The molecule has 0 saturated carbocycles. The van der Waals surface area contributed by atoms with E-state index in [0.29, 0.717) is 10.0 Å². The van der Waals surface area contributed by atoms with Crippen LogP contribution in [0.1, 0.15) is 15.9 Å². The quantitative estimate of drug-likeness (QED) is 0.914. The summed E-state index contributed by atoms with van der Waals surface area (Å²) < 4.78 is 0. The number of benzene rings is 1. The Kier molecular flexibility index (Phi) is 4.24. The number of H-pyrrole nitrogens is 1. The average molecular weight is 297 g/mol. The topological polar surface area (TPSA) is 62.0 Å². The first-order valence-electron chi connectivity index (χ1n) is 5.48. The molecule has 1 aromatic heterocycles. The Morgan fingerprint density at radius 1 is 1.26 bits per heavy atom. The molecule has 0 fully saturated rings. The molecule has 0 spiro atoms. The summed E-state index contributed by atoms with van der Waals surface area (Å²) in [6.45, 7) is 0.225. The van der Waals surface area contributed by atoms with E-state index < -0.39 is 11.5 Å². The molecule has 0 aliphatic carbocycles. The van der Waals surface area contributed by atoms with Gasteiger partial charge in [0.05, 0.1) is 0 Å². The van der Waals surface area contributed by atoms with Crippen molar-refractivity contribution in [2.24, 2.45) is 0 Å². The second-order valence-corrected chi connectivity index (χ2v) is 4.67. The maximum Gasteiger partial charge on any atom is 0.260 e. The van der Waals surface area contributed by atoms with Crippen LogP contribution >= 0.6 is 23.2 Å². The smallest absolute Gasteiger partial charge is 0.260 e. The summed E-state index contributed by atoms with van der Waals surface area (Å²) in [5, 5.41) is 3.62. The first kappa shape index (κ1) is 13.6. The molecule has 2 rings (SSSR count). The molecule has 0 aliphatic rings. The first-order valence-corrected chi connectivity index (χ1v) is 6.23. The lowest BCUT2D eigenvalue weighted by atomic mass is 10.2. The SMILES string of the molecule is O=C(NCc1ccc(Cl)cc1Cl)c1ccc[nH]c1=O. The number of carbonyl (C=O) groups excluding carboxylic acids is 1. The van der Waals surface area contributed by atoms with Crippen LogP contribution in [0.4, 0.5) is 0 Å². The molecule has 2 aromatic rings. The Hall–Kier alpha value is -1.78. The monoisotopic (exact) mass is 296 g/mol. The van der Waals surface area contributed by atoms with Crippen LogP contribution in [0.15, 0.2) is 41.3 Å². The minimum Gasteiger partial charge on any atom is -0.348 e. The largest absolute Gasteiger partial charge is 0.348 e. The van der Waals surface area contributed by atoms with Crippen LogP contribution < -0.4 is 10.9 Å². The molecule has 0 saturated heterocycles. The van der Waals surface area contributed by atoms with Crippen molar-refractivity contribution in [3.05, 3.63) is 68.1 Å². The van der Waals surface area contributed by atoms with Gasteiger partial charge < -0.3 is 10.3 Å². The number of hydrogen-bond acceptors (Lipinski definition) is 2. The molecule has 1 heterocycles. The van der Waals surface area contributed by atoms with Crippen LogP contribution in [0, 0.1) is 0 Å².